The number of cyclic esters (lactones) is 1. The summed E-state index contributed by atoms with van der Waals surface area (Å²) in [5, 5.41) is 0. The minimum atomic E-state index is -4.77. The molecular formula is C19H20F3N3O4S. The zero-order valence-corrected chi connectivity index (χ0v) is 17.0. The SMILES string of the molecule is CCCc1ccc(S(=O)(=O)Nc2cccnc2N2C(=O)O[C@@H](C(F)(F)F)[C@H]2C)cc1. The van der Waals surface area contributed by atoms with Crippen LogP contribution in [0.15, 0.2) is 47.5 Å². The van der Waals surface area contributed by atoms with E-state index in [2.05, 4.69) is 14.4 Å². The van der Waals surface area contributed by atoms with Gasteiger partial charge < -0.3 is 4.74 Å². The number of aryl methyl sites for hydroxylation is 1. The van der Waals surface area contributed by atoms with E-state index < -0.39 is 34.4 Å². The molecule has 1 N–H and O–H groups in total. The lowest BCUT2D eigenvalue weighted by molar-refractivity contribution is -0.198. The molecule has 0 radical (unpaired) electrons. The number of carbonyl (C=O) groups is 1. The van der Waals surface area contributed by atoms with Crippen molar-refractivity contribution in [1.29, 1.82) is 0 Å². The molecule has 2 atom stereocenters. The maximum atomic E-state index is 13.1. The van der Waals surface area contributed by atoms with Gasteiger partial charge in [0.25, 0.3) is 10.0 Å². The number of pyridine rings is 1. The number of nitrogens with one attached hydrogen (secondary N) is 1. The van der Waals surface area contributed by atoms with Crippen LogP contribution >= 0.6 is 0 Å². The molecule has 1 aromatic heterocycles. The molecule has 30 heavy (non-hydrogen) atoms. The Bertz CT molecular complexity index is 1030. The van der Waals surface area contributed by atoms with Crippen molar-refractivity contribution in [3.05, 3.63) is 48.2 Å². The Hall–Kier alpha value is -2.82. The average Bonchev–Trinajstić information content (AvgIpc) is 2.97. The average molecular weight is 443 g/mol. The first-order chi connectivity index (χ1) is 14.0. The molecule has 2 aromatic rings. The topological polar surface area (TPSA) is 88.6 Å². The highest BCUT2D eigenvalue weighted by atomic mass is 32.2. The van der Waals surface area contributed by atoms with E-state index in [1.165, 1.54) is 30.5 Å². The summed E-state index contributed by atoms with van der Waals surface area (Å²) in [7, 11) is -4.06. The number of sulfonamides is 1. The van der Waals surface area contributed by atoms with Crippen molar-refractivity contribution in [3.63, 3.8) is 0 Å². The molecule has 7 nitrogen and oxygen atoms in total. The van der Waals surface area contributed by atoms with E-state index in [1.54, 1.807) is 12.1 Å². The van der Waals surface area contributed by atoms with E-state index in [9.17, 15) is 26.4 Å². The van der Waals surface area contributed by atoms with E-state index >= 15 is 0 Å². The number of anilines is 2. The Kier molecular flexibility index (Phi) is 5.93. The largest absolute Gasteiger partial charge is 0.434 e. The van der Waals surface area contributed by atoms with Crippen LogP contribution in [0.25, 0.3) is 0 Å². The van der Waals surface area contributed by atoms with E-state index in [4.69, 9.17) is 0 Å². The molecular weight excluding hydrogens is 423 g/mol. The molecule has 0 spiro atoms. The fourth-order valence-corrected chi connectivity index (χ4v) is 4.24. The van der Waals surface area contributed by atoms with Crippen LogP contribution in [-0.4, -0.2) is 37.8 Å². The van der Waals surface area contributed by atoms with E-state index in [1.807, 2.05) is 6.92 Å². The molecule has 1 aromatic carbocycles. The van der Waals surface area contributed by atoms with Crippen LogP contribution in [0.1, 0.15) is 25.8 Å². The van der Waals surface area contributed by atoms with Crippen molar-refractivity contribution in [2.45, 2.75) is 49.9 Å². The fourth-order valence-electron chi connectivity index (χ4n) is 3.18. The smallest absolute Gasteiger partial charge is 0.427 e. The van der Waals surface area contributed by atoms with Gasteiger partial charge in [0, 0.05) is 6.20 Å². The van der Waals surface area contributed by atoms with Gasteiger partial charge in [0.05, 0.1) is 16.6 Å². The van der Waals surface area contributed by atoms with Gasteiger partial charge in [-0.15, -0.1) is 0 Å². The van der Waals surface area contributed by atoms with Crippen molar-refractivity contribution in [3.8, 4) is 0 Å². The van der Waals surface area contributed by atoms with Crippen molar-refractivity contribution in [1.82, 2.24) is 4.98 Å². The molecule has 3 rings (SSSR count). The molecule has 1 fully saturated rings. The van der Waals surface area contributed by atoms with Gasteiger partial charge >= 0.3 is 12.3 Å². The van der Waals surface area contributed by atoms with Crippen LogP contribution in [0.5, 0.6) is 0 Å². The van der Waals surface area contributed by atoms with Crippen LogP contribution in [-0.2, 0) is 21.2 Å². The second-order valence-corrected chi connectivity index (χ2v) is 8.51. The summed E-state index contributed by atoms with van der Waals surface area (Å²) in [5.74, 6) is -0.270. The summed E-state index contributed by atoms with van der Waals surface area (Å²) in [4.78, 5) is 16.7. The number of benzene rings is 1. The van der Waals surface area contributed by atoms with Gasteiger partial charge in [0.15, 0.2) is 5.82 Å². The minimum absolute atomic E-state index is 0.0256. The maximum absolute atomic E-state index is 13.1. The Morgan fingerprint density at radius 3 is 2.43 bits per heavy atom. The van der Waals surface area contributed by atoms with Crippen molar-refractivity contribution in [2.24, 2.45) is 0 Å². The highest BCUT2D eigenvalue weighted by Crippen LogP contribution is 2.37. The molecule has 162 valence electrons. The molecule has 2 heterocycles. The summed E-state index contributed by atoms with van der Waals surface area (Å²) in [6.45, 7) is 3.16. The number of amides is 1. The number of hydrogen-bond donors (Lipinski definition) is 1. The van der Waals surface area contributed by atoms with E-state index in [0.717, 1.165) is 25.3 Å². The van der Waals surface area contributed by atoms with Crippen LogP contribution in [0, 0.1) is 0 Å². The summed E-state index contributed by atoms with van der Waals surface area (Å²) in [5.41, 5.74) is 0.840. The Balaban J connectivity index is 1.91. The Morgan fingerprint density at radius 2 is 1.87 bits per heavy atom. The summed E-state index contributed by atoms with van der Waals surface area (Å²) in [6, 6.07) is 7.55. The lowest BCUT2D eigenvalue weighted by Crippen LogP contribution is -2.41. The zero-order chi connectivity index (χ0) is 22.1. The van der Waals surface area contributed by atoms with Crippen LogP contribution in [0.3, 0.4) is 0 Å². The summed E-state index contributed by atoms with van der Waals surface area (Å²) in [6.07, 6.45) is -5.41. The fraction of sp³-hybridized carbons (Fsp3) is 0.368. The molecule has 1 amide bonds. The molecule has 0 aliphatic carbocycles. The lowest BCUT2D eigenvalue weighted by atomic mass is 10.1. The number of aromatic nitrogens is 1. The third-order valence-electron chi connectivity index (χ3n) is 4.62. The van der Waals surface area contributed by atoms with Gasteiger partial charge in [-0.3, -0.25) is 9.62 Å². The Morgan fingerprint density at radius 1 is 1.20 bits per heavy atom. The molecule has 1 aliphatic rings. The van der Waals surface area contributed by atoms with Gasteiger partial charge in [-0.1, -0.05) is 25.5 Å². The van der Waals surface area contributed by atoms with Crippen molar-refractivity contribution in [2.75, 3.05) is 9.62 Å². The van der Waals surface area contributed by atoms with Crippen molar-refractivity contribution >= 4 is 27.6 Å². The number of carbonyl (C=O) groups excluding carboxylic acids is 1. The standard InChI is InChI=1S/C19H20F3N3O4S/c1-3-5-13-7-9-14(10-8-13)30(27,28)24-15-6-4-11-23-17(15)25-12(2)16(19(20,21)22)29-18(25)26/h4,6-12,16,24H,3,5H2,1-2H3/t12-,16-/m1/s1. The van der Waals surface area contributed by atoms with Gasteiger partial charge in [-0.2, -0.15) is 13.2 Å². The molecule has 11 heteroatoms. The summed E-state index contributed by atoms with van der Waals surface area (Å²) >= 11 is 0. The molecule has 0 saturated carbocycles. The number of rotatable bonds is 6. The first-order valence-electron chi connectivity index (χ1n) is 9.18. The van der Waals surface area contributed by atoms with Crippen molar-refractivity contribution < 1.29 is 31.1 Å². The predicted octanol–water partition coefficient (Wildman–Crippen LogP) is 4.11. The van der Waals surface area contributed by atoms with Gasteiger partial charge in [0.2, 0.25) is 6.10 Å². The number of ether oxygens (including phenoxy) is 1. The zero-order valence-electron chi connectivity index (χ0n) is 16.2. The number of alkyl halides is 3. The Labute approximate surface area is 171 Å². The third kappa shape index (κ3) is 4.35. The minimum Gasteiger partial charge on any atom is -0.434 e. The second-order valence-electron chi connectivity index (χ2n) is 6.83. The molecule has 0 unspecified atom stereocenters. The highest BCUT2D eigenvalue weighted by molar-refractivity contribution is 7.92. The second kappa shape index (κ2) is 8.13. The van der Waals surface area contributed by atoms with Crippen LogP contribution in [0.2, 0.25) is 0 Å². The van der Waals surface area contributed by atoms with Gasteiger partial charge in [-0.25, -0.2) is 18.2 Å². The van der Waals surface area contributed by atoms with E-state index in [-0.39, 0.29) is 16.4 Å². The molecule has 1 aliphatic heterocycles. The molecule has 0 bridgehead atoms. The van der Waals surface area contributed by atoms with E-state index in [0.29, 0.717) is 4.90 Å². The predicted molar refractivity (Wildman–Crippen MR) is 104 cm³/mol. The van der Waals surface area contributed by atoms with Crippen LogP contribution in [0.4, 0.5) is 29.5 Å². The number of hydrogen-bond acceptors (Lipinski definition) is 5. The maximum Gasteiger partial charge on any atom is 0.427 e. The normalized spacial score (nSPS) is 19.6. The van der Waals surface area contributed by atoms with Gasteiger partial charge in [-0.05, 0) is 43.2 Å². The van der Waals surface area contributed by atoms with Gasteiger partial charge in [0.1, 0.15) is 0 Å². The first-order valence-corrected chi connectivity index (χ1v) is 10.7. The summed E-state index contributed by atoms with van der Waals surface area (Å²) < 4.78 is 71.7. The number of halogens is 3. The third-order valence-corrected chi connectivity index (χ3v) is 6.01. The monoisotopic (exact) mass is 443 g/mol. The highest BCUT2D eigenvalue weighted by Gasteiger charge is 2.55. The van der Waals surface area contributed by atoms with Crippen LogP contribution < -0.4 is 9.62 Å². The first kappa shape index (κ1) is 21.9. The molecule has 1 saturated heterocycles. The number of nitrogens with zero attached hydrogens (tertiary/aromatic N) is 2. The quantitative estimate of drug-likeness (QED) is 0.726. The lowest BCUT2D eigenvalue weighted by Gasteiger charge is -2.23.